The van der Waals surface area contributed by atoms with Gasteiger partial charge in [0.15, 0.2) is 0 Å². The molecule has 0 unspecified atom stereocenters. The normalized spacial score (nSPS) is 9.79. The monoisotopic (exact) mass is 192 g/mol. The molecule has 14 heavy (non-hydrogen) atoms. The van der Waals surface area contributed by atoms with Crippen LogP contribution in [0, 0.1) is 6.92 Å². The molecular weight excluding hydrogens is 176 g/mol. The van der Waals surface area contributed by atoms with Crippen molar-refractivity contribution in [2.75, 3.05) is 12.3 Å². The molecule has 0 radical (unpaired) electrons. The highest BCUT2D eigenvalue weighted by Crippen LogP contribution is 2.16. The van der Waals surface area contributed by atoms with Crippen molar-refractivity contribution in [1.82, 2.24) is 4.98 Å². The maximum Gasteiger partial charge on any atom is 0.216 e. The predicted octanol–water partition coefficient (Wildman–Crippen LogP) is 2.32. The van der Waals surface area contributed by atoms with Crippen LogP contribution in [-0.2, 0) is 0 Å². The number of rotatable bonds is 5. The quantitative estimate of drug-likeness (QED) is 0.575. The molecule has 3 heteroatoms. The molecule has 0 fully saturated rings. The first-order chi connectivity index (χ1) is 6.74. The van der Waals surface area contributed by atoms with Gasteiger partial charge >= 0.3 is 0 Å². The second kappa shape index (κ2) is 5.27. The molecule has 3 nitrogen and oxygen atoms in total. The van der Waals surface area contributed by atoms with Gasteiger partial charge in [-0.15, -0.1) is 6.58 Å². The third kappa shape index (κ3) is 3.09. The zero-order valence-electron chi connectivity index (χ0n) is 8.49. The number of hydrogen-bond acceptors (Lipinski definition) is 3. The first-order valence-corrected chi connectivity index (χ1v) is 4.70. The zero-order valence-corrected chi connectivity index (χ0v) is 8.49. The Bertz CT molecular complexity index is 310. The van der Waals surface area contributed by atoms with Gasteiger partial charge in [-0.2, -0.15) is 0 Å². The minimum Gasteiger partial charge on any atom is -0.477 e. The highest BCUT2D eigenvalue weighted by atomic mass is 16.5. The third-order valence-corrected chi connectivity index (χ3v) is 1.84. The number of hydrogen-bond donors (Lipinski definition) is 1. The standard InChI is InChI=1S/C11H16N2O/c1-3-4-5-6-14-11-9(2)7-10(12)8-13-11/h3,7-8H,1,4-6,12H2,2H3. The predicted molar refractivity (Wildman–Crippen MR) is 58.3 cm³/mol. The summed E-state index contributed by atoms with van der Waals surface area (Å²) in [5, 5.41) is 0. The average molecular weight is 192 g/mol. The van der Waals surface area contributed by atoms with Gasteiger partial charge in [-0.05, 0) is 25.8 Å². The maximum absolute atomic E-state index is 5.57. The van der Waals surface area contributed by atoms with Crippen LogP contribution < -0.4 is 10.5 Å². The lowest BCUT2D eigenvalue weighted by molar-refractivity contribution is 0.298. The van der Waals surface area contributed by atoms with Crippen LogP contribution >= 0.6 is 0 Å². The lowest BCUT2D eigenvalue weighted by Crippen LogP contribution is -2.01. The number of aryl methyl sites for hydroxylation is 1. The average Bonchev–Trinajstić information content (AvgIpc) is 2.15. The number of nitrogens with zero attached hydrogens (tertiary/aromatic N) is 1. The third-order valence-electron chi connectivity index (χ3n) is 1.84. The number of pyridine rings is 1. The van der Waals surface area contributed by atoms with Gasteiger partial charge in [-0.25, -0.2) is 4.98 Å². The van der Waals surface area contributed by atoms with E-state index in [-0.39, 0.29) is 0 Å². The first kappa shape index (κ1) is 10.6. The van der Waals surface area contributed by atoms with Crippen molar-refractivity contribution < 1.29 is 4.74 Å². The summed E-state index contributed by atoms with van der Waals surface area (Å²) in [6.07, 6.45) is 5.42. The van der Waals surface area contributed by atoms with Crippen LogP contribution in [0.3, 0.4) is 0 Å². The van der Waals surface area contributed by atoms with Gasteiger partial charge in [0.05, 0.1) is 18.5 Å². The zero-order chi connectivity index (χ0) is 10.4. The van der Waals surface area contributed by atoms with Gasteiger partial charge < -0.3 is 10.5 Å². The van der Waals surface area contributed by atoms with E-state index in [0.717, 1.165) is 18.4 Å². The maximum atomic E-state index is 5.57. The molecule has 2 N–H and O–H groups in total. The van der Waals surface area contributed by atoms with E-state index in [2.05, 4.69) is 11.6 Å². The second-order valence-corrected chi connectivity index (χ2v) is 3.17. The van der Waals surface area contributed by atoms with E-state index in [4.69, 9.17) is 10.5 Å². The summed E-state index contributed by atoms with van der Waals surface area (Å²) >= 11 is 0. The van der Waals surface area contributed by atoms with Crippen molar-refractivity contribution in [3.8, 4) is 5.88 Å². The van der Waals surface area contributed by atoms with E-state index in [0.29, 0.717) is 18.2 Å². The van der Waals surface area contributed by atoms with E-state index in [1.165, 1.54) is 0 Å². The summed E-state index contributed by atoms with van der Waals surface area (Å²) in [5.74, 6) is 0.670. The van der Waals surface area contributed by atoms with Crippen LogP contribution in [-0.4, -0.2) is 11.6 Å². The van der Waals surface area contributed by atoms with Crippen LogP contribution in [0.4, 0.5) is 5.69 Å². The summed E-state index contributed by atoms with van der Waals surface area (Å²) < 4.78 is 5.48. The summed E-state index contributed by atoms with van der Waals surface area (Å²) in [6, 6.07) is 1.86. The molecule has 0 atom stereocenters. The molecule has 0 aliphatic rings. The van der Waals surface area contributed by atoms with Crippen molar-refractivity contribution in [2.24, 2.45) is 0 Å². The fourth-order valence-corrected chi connectivity index (χ4v) is 1.13. The fourth-order valence-electron chi connectivity index (χ4n) is 1.13. The molecule has 1 aromatic heterocycles. The summed E-state index contributed by atoms with van der Waals surface area (Å²) in [6.45, 7) is 6.25. The fraction of sp³-hybridized carbons (Fsp3) is 0.364. The Kier molecular flexibility index (Phi) is 3.98. The van der Waals surface area contributed by atoms with Gasteiger partial charge in [0.2, 0.25) is 5.88 Å². The Balaban J connectivity index is 2.46. The SMILES string of the molecule is C=CCCCOc1ncc(N)cc1C. The lowest BCUT2D eigenvalue weighted by Gasteiger charge is -2.07. The molecule has 0 aromatic carbocycles. The molecule has 0 saturated carbocycles. The van der Waals surface area contributed by atoms with Gasteiger partial charge in [-0.1, -0.05) is 6.08 Å². The molecule has 1 heterocycles. The van der Waals surface area contributed by atoms with E-state index in [1.807, 2.05) is 19.1 Å². The molecule has 0 saturated heterocycles. The summed E-state index contributed by atoms with van der Waals surface area (Å²) in [7, 11) is 0. The highest BCUT2D eigenvalue weighted by molar-refractivity contribution is 5.41. The van der Waals surface area contributed by atoms with Crippen molar-refractivity contribution in [2.45, 2.75) is 19.8 Å². The molecule has 0 amide bonds. The highest BCUT2D eigenvalue weighted by Gasteiger charge is 2.00. The first-order valence-electron chi connectivity index (χ1n) is 4.70. The molecule has 0 bridgehead atoms. The van der Waals surface area contributed by atoms with Gasteiger partial charge in [0, 0.05) is 5.56 Å². The lowest BCUT2D eigenvalue weighted by atomic mass is 10.3. The molecule has 1 rings (SSSR count). The summed E-state index contributed by atoms with van der Waals surface area (Å²) in [5.41, 5.74) is 7.22. The van der Waals surface area contributed by atoms with Gasteiger partial charge in [0.25, 0.3) is 0 Å². The van der Waals surface area contributed by atoms with Crippen molar-refractivity contribution in [3.05, 3.63) is 30.5 Å². The largest absolute Gasteiger partial charge is 0.477 e. The Morgan fingerprint density at radius 1 is 1.64 bits per heavy atom. The van der Waals surface area contributed by atoms with E-state index >= 15 is 0 Å². The van der Waals surface area contributed by atoms with Crippen LogP contribution in [0.2, 0.25) is 0 Å². The number of unbranched alkanes of at least 4 members (excludes halogenated alkanes) is 1. The minimum absolute atomic E-state index is 0.668. The van der Waals surface area contributed by atoms with Crippen LogP contribution in [0.15, 0.2) is 24.9 Å². The smallest absolute Gasteiger partial charge is 0.216 e. The second-order valence-electron chi connectivity index (χ2n) is 3.17. The molecule has 0 aliphatic heterocycles. The van der Waals surface area contributed by atoms with E-state index in [1.54, 1.807) is 6.20 Å². The number of aromatic nitrogens is 1. The Morgan fingerprint density at radius 3 is 3.07 bits per heavy atom. The van der Waals surface area contributed by atoms with Gasteiger partial charge in [-0.3, -0.25) is 0 Å². The van der Waals surface area contributed by atoms with Crippen molar-refractivity contribution >= 4 is 5.69 Å². The van der Waals surface area contributed by atoms with E-state index < -0.39 is 0 Å². The van der Waals surface area contributed by atoms with Gasteiger partial charge in [0.1, 0.15) is 0 Å². The molecular formula is C11H16N2O. The van der Waals surface area contributed by atoms with Crippen LogP contribution in [0.25, 0.3) is 0 Å². The number of ether oxygens (including phenoxy) is 1. The van der Waals surface area contributed by atoms with Crippen LogP contribution in [0.5, 0.6) is 5.88 Å². The van der Waals surface area contributed by atoms with Crippen molar-refractivity contribution in [1.29, 1.82) is 0 Å². The van der Waals surface area contributed by atoms with Crippen LogP contribution in [0.1, 0.15) is 18.4 Å². The Morgan fingerprint density at radius 2 is 2.43 bits per heavy atom. The molecule has 0 spiro atoms. The summed E-state index contributed by atoms with van der Waals surface area (Å²) in [4.78, 5) is 4.10. The number of allylic oxidation sites excluding steroid dienone is 1. The van der Waals surface area contributed by atoms with Crippen molar-refractivity contribution in [3.63, 3.8) is 0 Å². The van der Waals surface area contributed by atoms with E-state index in [9.17, 15) is 0 Å². The minimum atomic E-state index is 0.668. The Labute approximate surface area is 84.6 Å². The number of anilines is 1. The topological polar surface area (TPSA) is 48.1 Å². The number of nitrogen functional groups attached to an aromatic ring is 1. The molecule has 1 aromatic rings. The number of nitrogens with two attached hydrogens (primary N) is 1. The Hall–Kier alpha value is -1.51. The molecule has 76 valence electrons. The molecule has 0 aliphatic carbocycles.